The van der Waals surface area contributed by atoms with Crippen molar-refractivity contribution in [2.45, 2.75) is 12.8 Å². The predicted molar refractivity (Wildman–Crippen MR) is 85.3 cm³/mol. The Morgan fingerprint density at radius 3 is 3.00 bits per heavy atom. The fourth-order valence-corrected chi connectivity index (χ4v) is 2.58. The van der Waals surface area contributed by atoms with E-state index in [2.05, 4.69) is 10.1 Å². The molecule has 0 atom stereocenters. The summed E-state index contributed by atoms with van der Waals surface area (Å²) in [5, 5.41) is 6.38. The van der Waals surface area contributed by atoms with Crippen molar-refractivity contribution in [3.8, 4) is 0 Å². The van der Waals surface area contributed by atoms with Crippen LogP contribution in [0.3, 0.4) is 0 Å². The number of esters is 1. The van der Waals surface area contributed by atoms with Crippen LogP contribution in [0, 0.1) is 0 Å². The lowest BCUT2D eigenvalue weighted by Gasteiger charge is -2.26. The van der Waals surface area contributed by atoms with Crippen LogP contribution < -0.4 is 5.01 Å². The number of nitrogens with zero attached hydrogens (tertiary/aromatic N) is 3. The average Bonchev–Trinajstić information content (AvgIpc) is 2.59. The van der Waals surface area contributed by atoms with Crippen molar-refractivity contribution in [1.82, 2.24) is 4.98 Å². The lowest BCUT2D eigenvalue weighted by Crippen LogP contribution is -2.25. The summed E-state index contributed by atoms with van der Waals surface area (Å²) >= 11 is 0. The van der Waals surface area contributed by atoms with Crippen LogP contribution in [0.5, 0.6) is 0 Å². The molecular formula is C17H17N3O2. The van der Waals surface area contributed by atoms with Gasteiger partial charge >= 0.3 is 5.97 Å². The molecule has 1 aliphatic heterocycles. The zero-order chi connectivity index (χ0) is 15.4. The Morgan fingerprint density at radius 1 is 1.32 bits per heavy atom. The topological polar surface area (TPSA) is 54.8 Å². The third-order valence-electron chi connectivity index (χ3n) is 3.69. The first-order valence-electron chi connectivity index (χ1n) is 7.18. The van der Waals surface area contributed by atoms with Gasteiger partial charge in [-0.2, -0.15) is 5.10 Å². The van der Waals surface area contributed by atoms with E-state index in [1.54, 1.807) is 12.3 Å². The highest BCUT2D eigenvalue weighted by atomic mass is 16.5. The van der Waals surface area contributed by atoms with Crippen molar-refractivity contribution >= 4 is 17.9 Å². The van der Waals surface area contributed by atoms with Gasteiger partial charge in [0.1, 0.15) is 0 Å². The molecule has 0 aliphatic carbocycles. The molecule has 2 heterocycles. The van der Waals surface area contributed by atoms with Crippen LogP contribution in [0.15, 0.2) is 47.8 Å². The van der Waals surface area contributed by atoms with Gasteiger partial charge in [-0.3, -0.25) is 9.99 Å². The van der Waals surface area contributed by atoms with Crippen LogP contribution in [0.4, 0.5) is 5.69 Å². The summed E-state index contributed by atoms with van der Waals surface area (Å²) in [5.41, 5.74) is 3.70. The summed E-state index contributed by atoms with van der Waals surface area (Å²) in [5.74, 6) is -0.306. The van der Waals surface area contributed by atoms with Crippen LogP contribution in [-0.2, 0) is 17.6 Å². The summed E-state index contributed by atoms with van der Waals surface area (Å²) in [6, 6.07) is 9.62. The molecule has 0 unspecified atom stereocenters. The quantitative estimate of drug-likeness (QED) is 0.813. The number of rotatable bonds is 4. The van der Waals surface area contributed by atoms with E-state index in [1.807, 2.05) is 41.7 Å². The Morgan fingerprint density at radius 2 is 2.23 bits per heavy atom. The Labute approximate surface area is 129 Å². The molecule has 1 aliphatic rings. The Kier molecular flexibility index (Phi) is 4.14. The molecule has 1 aromatic carbocycles. The standard InChI is InChI=1S/C17H17N3O2/c1-22-17(21)15-5-2-6-16-14(15)7-10-19-20(16)11-8-13-4-3-9-18-12-13/h2-6,9-10,12H,7-8,11H2,1H3. The molecule has 22 heavy (non-hydrogen) atoms. The van der Waals surface area contributed by atoms with Gasteiger partial charge in [-0.25, -0.2) is 4.79 Å². The van der Waals surface area contributed by atoms with Crippen LogP contribution in [0.25, 0.3) is 0 Å². The zero-order valence-electron chi connectivity index (χ0n) is 12.4. The van der Waals surface area contributed by atoms with Crippen LogP contribution in [-0.4, -0.2) is 30.8 Å². The molecular weight excluding hydrogens is 278 g/mol. The van der Waals surface area contributed by atoms with Crippen molar-refractivity contribution < 1.29 is 9.53 Å². The highest BCUT2D eigenvalue weighted by molar-refractivity contribution is 5.94. The number of pyridine rings is 1. The number of carbonyl (C=O) groups is 1. The van der Waals surface area contributed by atoms with Gasteiger partial charge in [0.05, 0.1) is 18.4 Å². The van der Waals surface area contributed by atoms with Gasteiger partial charge in [0.25, 0.3) is 0 Å². The number of hydrazone groups is 1. The van der Waals surface area contributed by atoms with E-state index in [0.717, 1.165) is 29.8 Å². The molecule has 5 heteroatoms. The van der Waals surface area contributed by atoms with Crippen molar-refractivity contribution in [3.05, 3.63) is 59.4 Å². The minimum absolute atomic E-state index is 0.306. The summed E-state index contributed by atoms with van der Waals surface area (Å²) in [6.07, 6.45) is 6.94. The molecule has 5 nitrogen and oxygen atoms in total. The molecule has 0 spiro atoms. The monoisotopic (exact) mass is 295 g/mol. The third-order valence-corrected chi connectivity index (χ3v) is 3.69. The first-order valence-corrected chi connectivity index (χ1v) is 7.18. The second-order valence-corrected chi connectivity index (χ2v) is 5.03. The minimum Gasteiger partial charge on any atom is -0.465 e. The number of hydrogen-bond acceptors (Lipinski definition) is 5. The molecule has 0 saturated carbocycles. The van der Waals surface area contributed by atoms with E-state index in [4.69, 9.17) is 4.74 Å². The van der Waals surface area contributed by atoms with Gasteiger partial charge in [0.15, 0.2) is 0 Å². The smallest absolute Gasteiger partial charge is 0.338 e. The molecule has 0 fully saturated rings. The molecule has 2 aromatic rings. The zero-order valence-corrected chi connectivity index (χ0v) is 12.4. The van der Waals surface area contributed by atoms with E-state index in [-0.39, 0.29) is 5.97 Å². The largest absolute Gasteiger partial charge is 0.465 e. The van der Waals surface area contributed by atoms with Gasteiger partial charge in [-0.15, -0.1) is 0 Å². The fraction of sp³-hybridized carbons (Fsp3) is 0.235. The number of aromatic nitrogens is 1. The van der Waals surface area contributed by atoms with E-state index < -0.39 is 0 Å². The summed E-state index contributed by atoms with van der Waals surface area (Å²) in [7, 11) is 1.40. The van der Waals surface area contributed by atoms with Gasteiger partial charge in [-0.05, 0) is 35.7 Å². The van der Waals surface area contributed by atoms with Crippen molar-refractivity contribution in [3.63, 3.8) is 0 Å². The SMILES string of the molecule is COC(=O)c1cccc2c1CC=NN2CCc1cccnc1. The summed E-state index contributed by atoms with van der Waals surface area (Å²) in [6.45, 7) is 0.736. The number of fused-ring (bicyclic) bond motifs is 1. The number of hydrogen-bond donors (Lipinski definition) is 0. The lowest BCUT2D eigenvalue weighted by molar-refractivity contribution is 0.0600. The minimum atomic E-state index is -0.306. The number of carbonyl (C=O) groups excluding carboxylic acids is 1. The Bertz CT molecular complexity index is 698. The maximum Gasteiger partial charge on any atom is 0.338 e. The summed E-state index contributed by atoms with van der Waals surface area (Å²) < 4.78 is 4.86. The third kappa shape index (κ3) is 2.83. The molecule has 0 radical (unpaired) electrons. The lowest BCUT2D eigenvalue weighted by atomic mass is 10.0. The Balaban J connectivity index is 1.82. The normalized spacial score (nSPS) is 12.9. The maximum atomic E-state index is 11.9. The average molecular weight is 295 g/mol. The van der Waals surface area contributed by atoms with Crippen LogP contribution in [0.2, 0.25) is 0 Å². The molecule has 0 bridgehead atoms. The van der Waals surface area contributed by atoms with E-state index in [9.17, 15) is 4.79 Å². The number of benzene rings is 1. The number of methoxy groups -OCH3 is 1. The van der Waals surface area contributed by atoms with E-state index in [1.165, 1.54) is 7.11 Å². The van der Waals surface area contributed by atoms with Crippen molar-refractivity contribution in [2.75, 3.05) is 18.7 Å². The number of anilines is 1. The molecule has 0 amide bonds. The van der Waals surface area contributed by atoms with Crippen molar-refractivity contribution in [1.29, 1.82) is 0 Å². The highest BCUT2D eigenvalue weighted by Gasteiger charge is 2.20. The first kappa shape index (κ1) is 14.3. The molecule has 0 saturated heterocycles. The van der Waals surface area contributed by atoms with Gasteiger partial charge in [-0.1, -0.05) is 12.1 Å². The van der Waals surface area contributed by atoms with Crippen LogP contribution in [0.1, 0.15) is 21.5 Å². The molecule has 1 aromatic heterocycles. The van der Waals surface area contributed by atoms with Crippen molar-refractivity contribution in [2.24, 2.45) is 5.10 Å². The van der Waals surface area contributed by atoms with Gasteiger partial charge < -0.3 is 4.74 Å². The predicted octanol–water partition coefficient (Wildman–Crippen LogP) is 2.46. The van der Waals surface area contributed by atoms with E-state index >= 15 is 0 Å². The Hall–Kier alpha value is -2.69. The molecule has 3 rings (SSSR count). The second-order valence-electron chi connectivity index (χ2n) is 5.03. The fourth-order valence-electron chi connectivity index (χ4n) is 2.58. The second kappa shape index (κ2) is 6.39. The molecule has 112 valence electrons. The van der Waals surface area contributed by atoms with Gasteiger partial charge in [0.2, 0.25) is 0 Å². The number of ether oxygens (including phenoxy) is 1. The summed E-state index contributed by atoms with van der Waals surface area (Å²) in [4.78, 5) is 16.0. The van der Waals surface area contributed by atoms with Crippen LogP contribution >= 0.6 is 0 Å². The highest BCUT2D eigenvalue weighted by Crippen LogP contribution is 2.28. The maximum absolute atomic E-state index is 11.9. The van der Waals surface area contributed by atoms with Gasteiger partial charge in [0, 0.05) is 31.6 Å². The first-order chi connectivity index (χ1) is 10.8. The molecule has 0 N–H and O–H groups in total. The van der Waals surface area contributed by atoms with E-state index in [0.29, 0.717) is 12.0 Å².